The normalized spacial score (nSPS) is 19.9. The van der Waals surface area contributed by atoms with E-state index in [2.05, 4.69) is 21.9 Å². The van der Waals surface area contributed by atoms with Gasteiger partial charge in [-0.25, -0.2) is 0 Å². The SMILES string of the molecule is C=C1NC(=S)N[C@@H](c2ccc(OC(F)F)c(OC)c2)[C@@H]1C(=O)OCC. The van der Waals surface area contributed by atoms with E-state index in [0.29, 0.717) is 16.4 Å². The Morgan fingerprint density at radius 2 is 2.12 bits per heavy atom. The van der Waals surface area contributed by atoms with E-state index in [1.54, 1.807) is 13.0 Å². The van der Waals surface area contributed by atoms with Crippen LogP contribution in [0.5, 0.6) is 11.5 Å². The second-order valence-electron chi connectivity index (χ2n) is 5.12. The van der Waals surface area contributed by atoms with E-state index in [9.17, 15) is 13.6 Å². The molecule has 2 atom stereocenters. The molecule has 0 spiro atoms. The number of thiocarbonyl (C=S) groups is 1. The van der Waals surface area contributed by atoms with E-state index in [1.807, 2.05) is 0 Å². The number of ether oxygens (including phenoxy) is 3. The lowest BCUT2D eigenvalue weighted by atomic mass is 9.89. The lowest BCUT2D eigenvalue weighted by Gasteiger charge is -2.35. The second kappa shape index (κ2) is 8.11. The summed E-state index contributed by atoms with van der Waals surface area (Å²) in [4.78, 5) is 12.3. The molecule has 9 heteroatoms. The highest BCUT2D eigenvalue weighted by molar-refractivity contribution is 7.80. The van der Waals surface area contributed by atoms with Gasteiger partial charge in [0, 0.05) is 5.70 Å². The number of rotatable bonds is 6. The number of halogens is 2. The summed E-state index contributed by atoms with van der Waals surface area (Å²) in [5.41, 5.74) is 0.973. The molecule has 1 aliphatic heterocycles. The summed E-state index contributed by atoms with van der Waals surface area (Å²) in [6, 6.07) is 3.81. The van der Waals surface area contributed by atoms with Crippen molar-refractivity contribution in [2.24, 2.45) is 5.92 Å². The lowest BCUT2D eigenvalue weighted by Crippen LogP contribution is -2.51. The molecular formula is C16H18F2N2O4S. The van der Waals surface area contributed by atoms with E-state index in [1.165, 1.54) is 19.2 Å². The summed E-state index contributed by atoms with van der Waals surface area (Å²) < 4.78 is 39.5. The molecule has 0 saturated carbocycles. The molecule has 0 unspecified atom stereocenters. The quantitative estimate of drug-likeness (QED) is 0.587. The minimum atomic E-state index is -2.98. The van der Waals surface area contributed by atoms with Gasteiger partial charge in [0.25, 0.3) is 0 Å². The first-order chi connectivity index (χ1) is 11.9. The monoisotopic (exact) mass is 372 g/mol. The summed E-state index contributed by atoms with van der Waals surface area (Å²) in [7, 11) is 1.33. The Hall–Kier alpha value is -2.42. The molecule has 0 aromatic heterocycles. The van der Waals surface area contributed by atoms with Crippen LogP contribution in [-0.4, -0.2) is 31.4 Å². The largest absolute Gasteiger partial charge is 0.493 e. The van der Waals surface area contributed by atoms with Crippen LogP contribution in [0, 0.1) is 5.92 Å². The average Bonchev–Trinajstić information content (AvgIpc) is 2.54. The Bertz CT molecular complexity index is 684. The molecule has 136 valence electrons. The van der Waals surface area contributed by atoms with Crippen molar-refractivity contribution in [2.75, 3.05) is 13.7 Å². The van der Waals surface area contributed by atoms with Crippen molar-refractivity contribution in [3.05, 3.63) is 36.0 Å². The van der Waals surface area contributed by atoms with Crippen molar-refractivity contribution in [3.63, 3.8) is 0 Å². The van der Waals surface area contributed by atoms with Gasteiger partial charge in [-0.2, -0.15) is 8.78 Å². The van der Waals surface area contributed by atoms with Gasteiger partial charge in [-0.05, 0) is 36.8 Å². The molecule has 25 heavy (non-hydrogen) atoms. The molecule has 0 bridgehead atoms. The van der Waals surface area contributed by atoms with Gasteiger partial charge in [0.2, 0.25) is 0 Å². The standard InChI is InChI=1S/C16H18F2N2O4S/c1-4-23-14(21)12-8(2)19-16(25)20-13(12)9-5-6-10(24-15(17)18)11(7-9)22-3/h5-7,12-13,15H,2,4H2,1,3H3,(H2,19,20,25)/t12-,13+/m1/s1. The third kappa shape index (κ3) is 4.36. The Kier molecular flexibility index (Phi) is 6.13. The van der Waals surface area contributed by atoms with Crippen LogP contribution in [0.3, 0.4) is 0 Å². The zero-order chi connectivity index (χ0) is 18.6. The predicted molar refractivity (Wildman–Crippen MR) is 90.5 cm³/mol. The fourth-order valence-corrected chi connectivity index (χ4v) is 2.80. The summed E-state index contributed by atoms with van der Waals surface area (Å²) in [5.74, 6) is -1.23. The van der Waals surface area contributed by atoms with Crippen LogP contribution in [0.4, 0.5) is 8.78 Å². The van der Waals surface area contributed by atoms with Crippen LogP contribution < -0.4 is 20.1 Å². The number of esters is 1. The highest BCUT2D eigenvalue weighted by atomic mass is 32.1. The van der Waals surface area contributed by atoms with Crippen LogP contribution in [0.15, 0.2) is 30.5 Å². The molecule has 1 saturated heterocycles. The summed E-state index contributed by atoms with van der Waals surface area (Å²) >= 11 is 5.12. The Morgan fingerprint density at radius 1 is 1.40 bits per heavy atom. The summed E-state index contributed by atoms with van der Waals surface area (Å²) in [6.07, 6.45) is 0. The minimum Gasteiger partial charge on any atom is -0.493 e. The van der Waals surface area contributed by atoms with Gasteiger partial charge in [0.1, 0.15) is 5.92 Å². The summed E-state index contributed by atoms with van der Waals surface area (Å²) in [5, 5.41) is 6.08. The maximum Gasteiger partial charge on any atom is 0.387 e. The minimum absolute atomic E-state index is 0.107. The van der Waals surface area contributed by atoms with E-state index in [4.69, 9.17) is 21.7 Å². The fraction of sp³-hybridized carbons (Fsp3) is 0.375. The maximum atomic E-state index is 12.5. The molecule has 1 aromatic carbocycles. The number of carbonyl (C=O) groups excluding carboxylic acids is 1. The van der Waals surface area contributed by atoms with E-state index >= 15 is 0 Å². The van der Waals surface area contributed by atoms with Crippen LogP contribution in [0.2, 0.25) is 0 Å². The topological polar surface area (TPSA) is 68.8 Å². The van der Waals surface area contributed by atoms with Crippen LogP contribution >= 0.6 is 12.2 Å². The third-order valence-corrected chi connectivity index (χ3v) is 3.79. The second-order valence-corrected chi connectivity index (χ2v) is 5.53. The van der Waals surface area contributed by atoms with Gasteiger partial charge >= 0.3 is 12.6 Å². The molecule has 0 aliphatic carbocycles. The van der Waals surface area contributed by atoms with Crippen molar-refractivity contribution in [2.45, 2.75) is 19.6 Å². The van der Waals surface area contributed by atoms with Gasteiger partial charge in [-0.1, -0.05) is 12.6 Å². The number of methoxy groups -OCH3 is 1. The van der Waals surface area contributed by atoms with Crippen LogP contribution in [0.25, 0.3) is 0 Å². The van der Waals surface area contributed by atoms with Crippen LogP contribution in [-0.2, 0) is 9.53 Å². The smallest absolute Gasteiger partial charge is 0.387 e. The highest BCUT2D eigenvalue weighted by Crippen LogP contribution is 2.36. The zero-order valence-corrected chi connectivity index (χ0v) is 14.5. The fourth-order valence-electron chi connectivity index (χ4n) is 2.54. The van der Waals surface area contributed by atoms with Gasteiger partial charge in [0.05, 0.1) is 19.8 Å². The van der Waals surface area contributed by atoms with E-state index in [-0.39, 0.29) is 18.1 Å². The first-order valence-corrected chi connectivity index (χ1v) is 7.83. The molecule has 0 amide bonds. The first kappa shape index (κ1) is 18.9. The van der Waals surface area contributed by atoms with Crippen molar-refractivity contribution in [1.29, 1.82) is 0 Å². The lowest BCUT2D eigenvalue weighted by molar-refractivity contribution is -0.147. The number of nitrogens with one attached hydrogen (secondary N) is 2. The molecule has 1 aromatic rings. The predicted octanol–water partition coefficient (Wildman–Crippen LogP) is 2.51. The molecule has 6 nitrogen and oxygen atoms in total. The van der Waals surface area contributed by atoms with Crippen molar-refractivity contribution >= 4 is 23.3 Å². The number of benzene rings is 1. The first-order valence-electron chi connectivity index (χ1n) is 7.43. The Balaban J connectivity index is 2.39. The van der Waals surface area contributed by atoms with Gasteiger partial charge in [-0.3, -0.25) is 4.79 Å². The summed E-state index contributed by atoms with van der Waals surface area (Å²) in [6.45, 7) is 2.76. The van der Waals surface area contributed by atoms with E-state index < -0.39 is 24.5 Å². The molecule has 0 radical (unpaired) electrons. The van der Waals surface area contributed by atoms with Gasteiger partial charge in [-0.15, -0.1) is 0 Å². The zero-order valence-electron chi connectivity index (χ0n) is 13.7. The number of hydrogen-bond acceptors (Lipinski definition) is 5. The number of carbonyl (C=O) groups is 1. The van der Waals surface area contributed by atoms with E-state index in [0.717, 1.165) is 0 Å². The van der Waals surface area contributed by atoms with Gasteiger partial charge < -0.3 is 24.8 Å². The molecule has 1 aliphatic rings. The highest BCUT2D eigenvalue weighted by Gasteiger charge is 2.38. The van der Waals surface area contributed by atoms with Crippen molar-refractivity contribution in [3.8, 4) is 11.5 Å². The molecule has 1 fully saturated rings. The average molecular weight is 372 g/mol. The molecular weight excluding hydrogens is 354 g/mol. The van der Waals surface area contributed by atoms with Gasteiger partial charge in [0.15, 0.2) is 16.6 Å². The van der Waals surface area contributed by atoms with Crippen LogP contribution in [0.1, 0.15) is 18.5 Å². The Labute approximate surface area is 149 Å². The number of alkyl halides is 2. The maximum absolute atomic E-state index is 12.5. The molecule has 2 rings (SSSR count). The molecule has 2 N–H and O–H groups in total. The molecule has 1 heterocycles. The number of hydrogen-bond donors (Lipinski definition) is 2. The Morgan fingerprint density at radius 3 is 2.72 bits per heavy atom. The third-order valence-electron chi connectivity index (χ3n) is 3.57. The van der Waals surface area contributed by atoms with Crippen molar-refractivity contribution < 1.29 is 27.8 Å². The van der Waals surface area contributed by atoms with Crippen molar-refractivity contribution in [1.82, 2.24) is 10.6 Å².